The largest absolute Gasteiger partial charge is 0.478 e. The Hall–Kier alpha value is -4.06. The molecule has 0 saturated carbocycles. The van der Waals surface area contributed by atoms with E-state index in [1.807, 2.05) is 61.7 Å². The van der Waals surface area contributed by atoms with Gasteiger partial charge in [-0.15, -0.1) is 5.11 Å². The Labute approximate surface area is 167 Å². The summed E-state index contributed by atoms with van der Waals surface area (Å²) in [5.74, 6) is -0.949. The maximum Gasteiger partial charge on any atom is 0.335 e. The van der Waals surface area contributed by atoms with Gasteiger partial charge in [0.2, 0.25) is 0 Å². The minimum atomic E-state index is -0.949. The average molecular weight is 382 g/mol. The number of aromatic amines is 1. The van der Waals surface area contributed by atoms with Gasteiger partial charge in [0.1, 0.15) is 5.69 Å². The van der Waals surface area contributed by atoms with E-state index in [2.05, 4.69) is 20.2 Å². The van der Waals surface area contributed by atoms with Crippen LogP contribution in [0.25, 0.3) is 10.9 Å². The van der Waals surface area contributed by atoms with Gasteiger partial charge in [0, 0.05) is 22.8 Å². The first-order valence-corrected chi connectivity index (χ1v) is 9.07. The number of nitrogens with zero attached hydrogens (tertiary/aromatic N) is 3. The number of aliphatic imine (C=N–C) groups is 1. The first-order valence-electron chi connectivity index (χ1n) is 9.07. The van der Waals surface area contributed by atoms with Crippen LogP contribution in [0, 0.1) is 0 Å². The molecule has 3 aromatic carbocycles. The summed E-state index contributed by atoms with van der Waals surface area (Å²) >= 11 is 0. The molecule has 4 rings (SSSR count). The first kappa shape index (κ1) is 18.3. The third-order valence-electron chi connectivity index (χ3n) is 4.54. The molecule has 0 aliphatic rings. The minimum absolute atomic E-state index is 0.242. The highest BCUT2D eigenvalue weighted by Gasteiger charge is 2.03. The van der Waals surface area contributed by atoms with Crippen LogP contribution in [0.4, 0.5) is 17.1 Å². The number of nitrogens with one attached hydrogen (secondary N) is 1. The maximum absolute atomic E-state index is 10.9. The van der Waals surface area contributed by atoms with Crippen molar-refractivity contribution < 1.29 is 9.90 Å². The van der Waals surface area contributed by atoms with Crippen molar-refractivity contribution in [2.24, 2.45) is 15.2 Å². The zero-order valence-corrected chi connectivity index (χ0v) is 15.7. The number of carbonyl (C=O) groups is 1. The molecule has 142 valence electrons. The number of H-pyrrole nitrogens is 1. The molecule has 0 saturated heterocycles. The molecule has 1 heterocycles. The number of hydrogen-bond acceptors (Lipinski definition) is 4. The Morgan fingerprint density at radius 3 is 2.21 bits per heavy atom. The maximum atomic E-state index is 10.9. The summed E-state index contributed by atoms with van der Waals surface area (Å²) in [4.78, 5) is 18.7. The summed E-state index contributed by atoms with van der Waals surface area (Å²) in [6, 6.07) is 22.1. The zero-order chi connectivity index (χ0) is 20.2. The molecule has 6 nitrogen and oxygen atoms in total. The van der Waals surface area contributed by atoms with Crippen LogP contribution in [0.3, 0.4) is 0 Å². The lowest BCUT2D eigenvalue weighted by atomic mass is 10.1. The van der Waals surface area contributed by atoms with Crippen molar-refractivity contribution in [3.05, 3.63) is 90.1 Å². The summed E-state index contributed by atoms with van der Waals surface area (Å²) in [5, 5.41) is 18.7. The standard InChI is InChI=1S/C23H18N4O2/c1-15(25-18-10-8-17(9-11-18)23(28)29)16-6-12-19(13-7-16)26-27-22-14-24-21-5-3-2-4-20(21)22/h2-14,24H,1H3,(H,28,29). The van der Waals surface area contributed by atoms with Gasteiger partial charge in [0.05, 0.1) is 16.9 Å². The van der Waals surface area contributed by atoms with Crippen LogP contribution in [0.2, 0.25) is 0 Å². The number of benzene rings is 3. The van der Waals surface area contributed by atoms with Gasteiger partial charge in [-0.2, -0.15) is 5.11 Å². The van der Waals surface area contributed by atoms with E-state index in [9.17, 15) is 4.79 Å². The summed E-state index contributed by atoms with van der Waals surface area (Å²) in [6.45, 7) is 1.91. The van der Waals surface area contributed by atoms with Crippen LogP contribution in [0.15, 0.2) is 94.2 Å². The number of aromatic carboxylic acids is 1. The minimum Gasteiger partial charge on any atom is -0.478 e. The molecule has 0 aliphatic carbocycles. The topological polar surface area (TPSA) is 90.2 Å². The molecule has 2 N–H and O–H groups in total. The van der Waals surface area contributed by atoms with E-state index in [0.29, 0.717) is 5.69 Å². The molecule has 6 heteroatoms. The molecule has 0 bridgehead atoms. The fourth-order valence-corrected chi connectivity index (χ4v) is 2.96. The zero-order valence-electron chi connectivity index (χ0n) is 15.7. The van der Waals surface area contributed by atoms with Crippen molar-refractivity contribution >= 4 is 39.6 Å². The second-order valence-corrected chi connectivity index (χ2v) is 6.52. The predicted octanol–water partition coefficient (Wildman–Crippen LogP) is 6.42. The lowest BCUT2D eigenvalue weighted by molar-refractivity contribution is 0.0697. The molecule has 0 amide bonds. The molecule has 0 atom stereocenters. The number of aromatic nitrogens is 1. The monoisotopic (exact) mass is 382 g/mol. The van der Waals surface area contributed by atoms with Crippen LogP contribution >= 0.6 is 0 Å². The summed E-state index contributed by atoms with van der Waals surface area (Å²) in [6.07, 6.45) is 1.84. The van der Waals surface area contributed by atoms with E-state index in [1.165, 1.54) is 0 Å². The van der Waals surface area contributed by atoms with Gasteiger partial charge in [-0.1, -0.05) is 30.3 Å². The number of carboxylic acid groups (broad SMARTS) is 1. The number of rotatable bonds is 5. The van der Waals surface area contributed by atoms with E-state index in [1.54, 1.807) is 24.3 Å². The SMILES string of the molecule is CC(=Nc1ccc(C(=O)O)cc1)c1ccc(N=Nc2c[nH]c3ccccc23)cc1. The lowest BCUT2D eigenvalue weighted by Gasteiger charge is -2.02. The van der Waals surface area contributed by atoms with Crippen LogP contribution in [-0.4, -0.2) is 21.8 Å². The van der Waals surface area contributed by atoms with Gasteiger partial charge in [-0.05, 0) is 55.0 Å². The van der Waals surface area contributed by atoms with Crippen LogP contribution in [-0.2, 0) is 0 Å². The Morgan fingerprint density at radius 1 is 0.828 bits per heavy atom. The van der Waals surface area contributed by atoms with Crippen LogP contribution in [0.5, 0.6) is 0 Å². The molecule has 1 aromatic heterocycles. The summed E-state index contributed by atoms with van der Waals surface area (Å²) in [7, 11) is 0. The fraction of sp³-hybridized carbons (Fsp3) is 0.0435. The van der Waals surface area contributed by atoms with Crippen LogP contribution in [0.1, 0.15) is 22.8 Å². The number of azo groups is 1. The van der Waals surface area contributed by atoms with Crippen molar-refractivity contribution in [1.29, 1.82) is 0 Å². The lowest BCUT2D eigenvalue weighted by Crippen LogP contribution is -1.95. The van der Waals surface area contributed by atoms with Gasteiger partial charge in [-0.3, -0.25) is 4.99 Å². The quantitative estimate of drug-likeness (QED) is 0.308. The number of hydrogen-bond donors (Lipinski definition) is 2. The van der Waals surface area contributed by atoms with E-state index in [0.717, 1.165) is 33.6 Å². The normalized spacial score (nSPS) is 12.0. The predicted molar refractivity (Wildman–Crippen MR) is 114 cm³/mol. The number of para-hydroxylation sites is 1. The Morgan fingerprint density at radius 2 is 1.48 bits per heavy atom. The van der Waals surface area contributed by atoms with Gasteiger partial charge in [0.15, 0.2) is 0 Å². The Bertz CT molecular complexity index is 1220. The smallest absolute Gasteiger partial charge is 0.335 e. The highest BCUT2D eigenvalue weighted by atomic mass is 16.4. The number of carboxylic acids is 1. The molecule has 29 heavy (non-hydrogen) atoms. The second-order valence-electron chi connectivity index (χ2n) is 6.52. The van der Waals surface area contributed by atoms with Gasteiger partial charge in [-0.25, -0.2) is 4.79 Å². The first-order chi connectivity index (χ1) is 14.1. The molecule has 0 fully saturated rings. The van der Waals surface area contributed by atoms with E-state index >= 15 is 0 Å². The second kappa shape index (κ2) is 7.90. The third kappa shape index (κ3) is 4.11. The van der Waals surface area contributed by atoms with Crippen molar-refractivity contribution in [3.63, 3.8) is 0 Å². The molecule has 4 aromatic rings. The van der Waals surface area contributed by atoms with Crippen molar-refractivity contribution in [2.75, 3.05) is 0 Å². The highest BCUT2D eigenvalue weighted by molar-refractivity contribution is 6.00. The fourth-order valence-electron chi connectivity index (χ4n) is 2.96. The van der Waals surface area contributed by atoms with Crippen molar-refractivity contribution in [3.8, 4) is 0 Å². The molecule has 0 spiro atoms. The van der Waals surface area contributed by atoms with E-state index in [-0.39, 0.29) is 5.56 Å². The molecular weight excluding hydrogens is 364 g/mol. The summed E-state index contributed by atoms with van der Waals surface area (Å²) in [5.41, 5.74) is 5.30. The molecule has 0 radical (unpaired) electrons. The molecule has 0 unspecified atom stereocenters. The van der Waals surface area contributed by atoms with Gasteiger partial charge in [0.25, 0.3) is 0 Å². The van der Waals surface area contributed by atoms with Crippen molar-refractivity contribution in [1.82, 2.24) is 4.98 Å². The third-order valence-corrected chi connectivity index (χ3v) is 4.54. The average Bonchev–Trinajstić information content (AvgIpc) is 3.16. The Balaban J connectivity index is 1.50. The van der Waals surface area contributed by atoms with E-state index in [4.69, 9.17) is 5.11 Å². The number of fused-ring (bicyclic) bond motifs is 1. The summed E-state index contributed by atoms with van der Waals surface area (Å²) < 4.78 is 0. The van der Waals surface area contributed by atoms with Gasteiger partial charge < -0.3 is 10.1 Å². The van der Waals surface area contributed by atoms with Crippen molar-refractivity contribution in [2.45, 2.75) is 6.92 Å². The molecule has 0 aliphatic heterocycles. The molecular formula is C23H18N4O2. The van der Waals surface area contributed by atoms with E-state index < -0.39 is 5.97 Å². The van der Waals surface area contributed by atoms with Gasteiger partial charge >= 0.3 is 5.97 Å². The Kier molecular flexibility index (Phi) is 4.99. The van der Waals surface area contributed by atoms with Crippen LogP contribution < -0.4 is 0 Å². The highest BCUT2D eigenvalue weighted by Crippen LogP contribution is 2.27.